The molecule has 4 rings (SSSR count). The molecule has 5 nitrogen and oxygen atoms in total. The summed E-state index contributed by atoms with van der Waals surface area (Å²) >= 11 is 6.46. The lowest BCUT2D eigenvalue weighted by Crippen LogP contribution is -2.22. The summed E-state index contributed by atoms with van der Waals surface area (Å²) in [5, 5.41) is 3.98. The summed E-state index contributed by atoms with van der Waals surface area (Å²) in [6.45, 7) is 2.52. The summed E-state index contributed by atoms with van der Waals surface area (Å²) in [7, 11) is 1.57. The van der Waals surface area contributed by atoms with Gasteiger partial charge in [0.25, 0.3) is 5.91 Å². The van der Waals surface area contributed by atoms with Crippen molar-refractivity contribution in [3.05, 3.63) is 93.6 Å². The Hall–Kier alpha value is -3.57. The van der Waals surface area contributed by atoms with Crippen molar-refractivity contribution >= 4 is 34.2 Å². The molecule has 0 saturated heterocycles. The third kappa shape index (κ3) is 3.80. The second-order valence-electron chi connectivity index (χ2n) is 6.98. The van der Waals surface area contributed by atoms with E-state index in [1.807, 2.05) is 35.8 Å². The number of para-hydroxylation sites is 1. The molecule has 31 heavy (non-hydrogen) atoms. The number of aryl methyl sites for hydroxylation is 1. The van der Waals surface area contributed by atoms with Gasteiger partial charge < -0.3 is 14.6 Å². The molecule has 0 radical (unpaired) electrons. The molecule has 3 aromatic carbocycles. The molecule has 0 bridgehead atoms. The topological polar surface area (TPSA) is 60.3 Å². The Morgan fingerprint density at radius 1 is 1.00 bits per heavy atom. The lowest BCUT2D eigenvalue weighted by atomic mass is 10.0. The van der Waals surface area contributed by atoms with Gasteiger partial charge in [-0.2, -0.15) is 0 Å². The number of benzene rings is 3. The quantitative estimate of drug-likeness (QED) is 0.446. The molecular formula is C25H21ClN2O3. The number of methoxy groups -OCH3 is 1. The Morgan fingerprint density at radius 2 is 1.68 bits per heavy atom. The molecule has 0 aliphatic heterocycles. The summed E-state index contributed by atoms with van der Waals surface area (Å²) in [5.41, 5.74) is 1.96. The van der Waals surface area contributed by atoms with Crippen molar-refractivity contribution in [2.24, 2.45) is 0 Å². The maximum absolute atomic E-state index is 13.5. The summed E-state index contributed by atoms with van der Waals surface area (Å²) in [5.74, 6) is 0.748. The van der Waals surface area contributed by atoms with Crippen molar-refractivity contribution in [3.63, 3.8) is 0 Å². The number of nitrogens with zero attached hydrogens (tertiary/aromatic N) is 1. The van der Waals surface area contributed by atoms with Crippen molar-refractivity contribution in [2.75, 3.05) is 12.4 Å². The smallest absolute Gasteiger partial charge is 0.256 e. The highest BCUT2D eigenvalue weighted by molar-refractivity contribution is 6.33. The number of nitrogens with one attached hydrogen (secondary N) is 1. The first-order valence-electron chi connectivity index (χ1n) is 9.91. The molecule has 1 heterocycles. The van der Waals surface area contributed by atoms with Crippen LogP contribution in [0.25, 0.3) is 22.0 Å². The highest BCUT2D eigenvalue weighted by Gasteiger charge is 2.21. The van der Waals surface area contributed by atoms with Gasteiger partial charge in [0, 0.05) is 28.1 Å². The van der Waals surface area contributed by atoms with E-state index in [9.17, 15) is 9.59 Å². The van der Waals surface area contributed by atoms with Crippen molar-refractivity contribution < 1.29 is 9.53 Å². The Morgan fingerprint density at radius 3 is 2.35 bits per heavy atom. The molecule has 0 fully saturated rings. The Bertz CT molecular complexity index is 1330. The van der Waals surface area contributed by atoms with Crippen LogP contribution in [-0.2, 0) is 6.54 Å². The number of amides is 1. The van der Waals surface area contributed by atoms with Crippen LogP contribution >= 0.6 is 11.6 Å². The fourth-order valence-electron chi connectivity index (χ4n) is 3.69. The van der Waals surface area contributed by atoms with Gasteiger partial charge in [-0.15, -0.1) is 0 Å². The minimum Gasteiger partial charge on any atom is -0.497 e. The molecule has 1 N–H and O–H groups in total. The van der Waals surface area contributed by atoms with Crippen molar-refractivity contribution in [3.8, 4) is 16.9 Å². The number of hydrogen-bond donors (Lipinski definition) is 1. The zero-order valence-electron chi connectivity index (χ0n) is 17.2. The largest absolute Gasteiger partial charge is 0.497 e. The lowest BCUT2D eigenvalue weighted by molar-refractivity contribution is 0.102. The van der Waals surface area contributed by atoms with Crippen molar-refractivity contribution in [1.82, 2.24) is 4.57 Å². The first-order valence-corrected chi connectivity index (χ1v) is 10.3. The van der Waals surface area contributed by atoms with Gasteiger partial charge in [0.1, 0.15) is 11.6 Å². The minimum absolute atomic E-state index is 0.182. The number of rotatable bonds is 5. The number of hydrogen-bond acceptors (Lipinski definition) is 3. The van der Waals surface area contributed by atoms with Crippen LogP contribution in [0.1, 0.15) is 17.3 Å². The number of halogens is 1. The zero-order chi connectivity index (χ0) is 22.0. The standard InChI is InChI=1S/C25H21ClN2O3/c1-3-28-21-11-7-5-9-19(21)23(29)22(18-8-4-6-10-20(18)26)24(28)27-25(30)16-12-14-17(31-2)15-13-16/h4-15H,3H2,1-2H3,(H,27,30). The van der Waals surface area contributed by atoms with Gasteiger partial charge in [-0.1, -0.05) is 41.9 Å². The van der Waals surface area contributed by atoms with Gasteiger partial charge in [-0.25, -0.2) is 0 Å². The molecule has 0 aliphatic carbocycles. The van der Waals surface area contributed by atoms with Crippen LogP contribution < -0.4 is 15.5 Å². The molecule has 1 aromatic heterocycles. The second kappa shape index (κ2) is 8.66. The molecule has 4 aromatic rings. The number of fused-ring (bicyclic) bond motifs is 1. The lowest BCUT2D eigenvalue weighted by Gasteiger charge is -2.20. The highest BCUT2D eigenvalue weighted by atomic mass is 35.5. The highest BCUT2D eigenvalue weighted by Crippen LogP contribution is 2.33. The molecule has 1 amide bonds. The van der Waals surface area contributed by atoms with Crippen LogP contribution in [-0.4, -0.2) is 17.6 Å². The third-order valence-corrected chi connectivity index (χ3v) is 5.55. The molecule has 0 aliphatic rings. The maximum atomic E-state index is 13.5. The van der Waals surface area contributed by atoms with E-state index in [0.29, 0.717) is 45.2 Å². The second-order valence-corrected chi connectivity index (χ2v) is 7.38. The zero-order valence-corrected chi connectivity index (χ0v) is 17.9. The van der Waals surface area contributed by atoms with Crippen molar-refractivity contribution in [2.45, 2.75) is 13.5 Å². The predicted octanol–water partition coefficient (Wildman–Crippen LogP) is 5.60. The van der Waals surface area contributed by atoms with Crippen LogP contribution in [0.4, 0.5) is 5.82 Å². The first kappa shape index (κ1) is 20.7. The van der Waals surface area contributed by atoms with Crippen LogP contribution in [0.3, 0.4) is 0 Å². The predicted molar refractivity (Wildman–Crippen MR) is 125 cm³/mol. The molecular weight excluding hydrogens is 412 g/mol. The average molecular weight is 433 g/mol. The number of aromatic nitrogens is 1. The van der Waals surface area contributed by atoms with Crippen LogP contribution in [0, 0.1) is 0 Å². The molecule has 0 unspecified atom stereocenters. The van der Waals surface area contributed by atoms with Crippen LogP contribution in [0.2, 0.25) is 5.02 Å². The van der Waals surface area contributed by atoms with E-state index >= 15 is 0 Å². The van der Waals surface area contributed by atoms with E-state index < -0.39 is 0 Å². The van der Waals surface area contributed by atoms with Gasteiger partial charge in [0.2, 0.25) is 0 Å². The average Bonchev–Trinajstić information content (AvgIpc) is 2.80. The van der Waals surface area contributed by atoms with E-state index in [2.05, 4.69) is 5.32 Å². The van der Waals surface area contributed by atoms with Gasteiger partial charge in [0.05, 0.1) is 18.2 Å². The third-order valence-electron chi connectivity index (χ3n) is 5.22. The molecule has 0 atom stereocenters. The minimum atomic E-state index is -0.326. The fourth-order valence-corrected chi connectivity index (χ4v) is 3.92. The Kier molecular flexibility index (Phi) is 5.78. The maximum Gasteiger partial charge on any atom is 0.256 e. The Balaban J connectivity index is 1.96. The number of ether oxygens (including phenoxy) is 1. The summed E-state index contributed by atoms with van der Waals surface area (Å²) in [6.07, 6.45) is 0. The van der Waals surface area contributed by atoms with Gasteiger partial charge in [-0.3, -0.25) is 9.59 Å². The van der Waals surface area contributed by atoms with E-state index in [0.717, 1.165) is 5.52 Å². The van der Waals surface area contributed by atoms with E-state index in [1.54, 1.807) is 55.6 Å². The van der Waals surface area contributed by atoms with Crippen LogP contribution in [0.5, 0.6) is 5.75 Å². The monoisotopic (exact) mass is 432 g/mol. The van der Waals surface area contributed by atoms with Crippen molar-refractivity contribution in [1.29, 1.82) is 0 Å². The Labute approximate surface area is 184 Å². The van der Waals surface area contributed by atoms with E-state index in [-0.39, 0.29) is 11.3 Å². The molecule has 156 valence electrons. The SMILES string of the molecule is CCn1c(NC(=O)c2ccc(OC)cc2)c(-c2ccccc2Cl)c(=O)c2ccccc21. The molecule has 0 saturated carbocycles. The van der Waals surface area contributed by atoms with Gasteiger partial charge in [0.15, 0.2) is 5.43 Å². The normalized spacial score (nSPS) is 10.8. The first-order chi connectivity index (χ1) is 15.0. The van der Waals surface area contributed by atoms with Gasteiger partial charge in [-0.05, 0) is 49.4 Å². The van der Waals surface area contributed by atoms with Crippen LogP contribution in [0.15, 0.2) is 77.6 Å². The summed E-state index contributed by atoms with van der Waals surface area (Å²) < 4.78 is 7.09. The van der Waals surface area contributed by atoms with E-state index in [4.69, 9.17) is 16.3 Å². The van der Waals surface area contributed by atoms with Gasteiger partial charge >= 0.3 is 0 Å². The number of carbonyl (C=O) groups excluding carboxylic acids is 1. The van der Waals surface area contributed by atoms with E-state index in [1.165, 1.54) is 0 Å². The fraction of sp³-hybridized carbons (Fsp3) is 0.120. The summed E-state index contributed by atoms with van der Waals surface area (Å²) in [4.78, 5) is 26.6. The number of pyridine rings is 1. The molecule has 6 heteroatoms. The number of anilines is 1. The molecule has 0 spiro atoms. The summed E-state index contributed by atoms with van der Waals surface area (Å²) in [6, 6.07) is 21.3. The number of carbonyl (C=O) groups is 1.